The van der Waals surface area contributed by atoms with E-state index in [2.05, 4.69) is 15.9 Å². The van der Waals surface area contributed by atoms with Crippen molar-refractivity contribution in [1.29, 1.82) is 0 Å². The Morgan fingerprint density at radius 3 is 2.19 bits per heavy atom. The van der Waals surface area contributed by atoms with Crippen LogP contribution in [-0.2, 0) is 10.2 Å². The van der Waals surface area contributed by atoms with E-state index in [1.54, 1.807) is 0 Å². The standard InChI is InChI=1S/C11H11BrF2O2/c1-11(2,5-9(15)16)10-7(13)3-6(12)4-8(10)14/h3-4H,5H2,1-2H3,(H,15,16). The van der Waals surface area contributed by atoms with E-state index in [-0.39, 0.29) is 16.5 Å². The fourth-order valence-electron chi connectivity index (χ4n) is 1.66. The van der Waals surface area contributed by atoms with Gasteiger partial charge < -0.3 is 5.11 Å². The first kappa shape index (κ1) is 13.1. The summed E-state index contributed by atoms with van der Waals surface area (Å²) in [5.74, 6) is -2.57. The van der Waals surface area contributed by atoms with Crippen LogP contribution in [0.1, 0.15) is 25.8 Å². The Kier molecular flexibility index (Phi) is 3.68. The molecule has 0 aliphatic rings. The fourth-order valence-corrected chi connectivity index (χ4v) is 2.06. The van der Waals surface area contributed by atoms with Crippen LogP contribution in [-0.4, -0.2) is 11.1 Å². The zero-order valence-corrected chi connectivity index (χ0v) is 10.4. The van der Waals surface area contributed by atoms with Gasteiger partial charge in [0, 0.05) is 15.5 Å². The SMILES string of the molecule is CC(C)(CC(=O)O)c1c(F)cc(Br)cc1F. The molecule has 1 rings (SSSR count). The van der Waals surface area contributed by atoms with Crippen molar-refractivity contribution in [2.24, 2.45) is 0 Å². The molecule has 16 heavy (non-hydrogen) atoms. The molecule has 0 saturated carbocycles. The van der Waals surface area contributed by atoms with Gasteiger partial charge in [0.25, 0.3) is 0 Å². The molecule has 0 aliphatic heterocycles. The average Bonchev–Trinajstić information content (AvgIpc) is 1.96. The minimum Gasteiger partial charge on any atom is -0.481 e. The summed E-state index contributed by atoms with van der Waals surface area (Å²) in [6.45, 7) is 2.99. The first-order valence-corrected chi connectivity index (χ1v) is 5.40. The summed E-state index contributed by atoms with van der Waals surface area (Å²) < 4.78 is 27.5. The van der Waals surface area contributed by atoms with Gasteiger partial charge in [-0.1, -0.05) is 29.8 Å². The van der Waals surface area contributed by atoms with Crippen LogP contribution in [0.3, 0.4) is 0 Å². The average molecular weight is 293 g/mol. The molecule has 0 heterocycles. The number of benzene rings is 1. The molecule has 0 amide bonds. The predicted octanol–water partition coefficient (Wildman–Crippen LogP) is 3.48. The van der Waals surface area contributed by atoms with Gasteiger partial charge in [0.15, 0.2) is 0 Å². The summed E-state index contributed by atoms with van der Waals surface area (Å²) in [6, 6.07) is 2.25. The third kappa shape index (κ3) is 2.78. The predicted molar refractivity (Wildman–Crippen MR) is 59.3 cm³/mol. The van der Waals surface area contributed by atoms with Crippen LogP contribution in [0.2, 0.25) is 0 Å². The lowest BCUT2D eigenvalue weighted by Gasteiger charge is -2.24. The number of carboxylic acids is 1. The second-order valence-electron chi connectivity index (χ2n) is 4.20. The van der Waals surface area contributed by atoms with Crippen molar-refractivity contribution < 1.29 is 18.7 Å². The van der Waals surface area contributed by atoms with Gasteiger partial charge in [-0.05, 0) is 12.1 Å². The maximum atomic E-state index is 13.6. The zero-order chi connectivity index (χ0) is 12.5. The minimum atomic E-state index is -1.09. The zero-order valence-electron chi connectivity index (χ0n) is 8.85. The Hall–Kier alpha value is -0.970. The van der Waals surface area contributed by atoms with E-state index in [1.165, 1.54) is 13.8 Å². The monoisotopic (exact) mass is 292 g/mol. The van der Waals surface area contributed by atoms with Crippen molar-refractivity contribution >= 4 is 21.9 Å². The van der Waals surface area contributed by atoms with E-state index in [4.69, 9.17) is 5.11 Å². The van der Waals surface area contributed by atoms with E-state index in [0.717, 1.165) is 12.1 Å². The Labute approximate surface area is 100 Å². The third-order valence-corrected chi connectivity index (χ3v) is 2.73. The highest BCUT2D eigenvalue weighted by Gasteiger charge is 2.30. The van der Waals surface area contributed by atoms with E-state index in [0.29, 0.717) is 0 Å². The maximum Gasteiger partial charge on any atom is 0.304 e. The van der Waals surface area contributed by atoms with Crippen LogP contribution in [0.4, 0.5) is 8.78 Å². The molecule has 0 aliphatic carbocycles. The Morgan fingerprint density at radius 2 is 1.81 bits per heavy atom. The largest absolute Gasteiger partial charge is 0.481 e. The summed E-state index contributed by atoms with van der Waals surface area (Å²) in [5, 5.41) is 8.69. The molecule has 0 unspecified atom stereocenters. The quantitative estimate of drug-likeness (QED) is 0.926. The van der Waals surface area contributed by atoms with Crippen LogP contribution in [0.25, 0.3) is 0 Å². The van der Waals surface area contributed by atoms with Gasteiger partial charge in [-0.15, -0.1) is 0 Å². The molecule has 0 fully saturated rings. The molecular formula is C11H11BrF2O2. The molecule has 1 aromatic carbocycles. The van der Waals surface area contributed by atoms with Crippen LogP contribution < -0.4 is 0 Å². The normalized spacial score (nSPS) is 11.6. The fraction of sp³-hybridized carbons (Fsp3) is 0.364. The molecule has 0 spiro atoms. The van der Waals surface area contributed by atoms with Crippen molar-refractivity contribution in [3.05, 3.63) is 33.8 Å². The van der Waals surface area contributed by atoms with Gasteiger partial charge in [-0.3, -0.25) is 4.79 Å². The molecule has 88 valence electrons. The number of carboxylic acid groups (broad SMARTS) is 1. The summed E-state index contributed by atoms with van der Waals surface area (Å²) in [4.78, 5) is 10.6. The van der Waals surface area contributed by atoms with Gasteiger partial charge in [0.2, 0.25) is 0 Å². The van der Waals surface area contributed by atoms with Crippen molar-refractivity contribution in [2.45, 2.75) is 25.7 Å². The molecular weight excluding hydrogens is 282 g/mol. The molecule has 0 aromatic heterocycles. The van der Waals surface area contributed by atoms with Gasteiger partial charge in [-0.2, -0.15) is 0 Å². The summed E-state index contributed by atoms with van der Waals surface area (Å²) >= 11 is 2.97. The van der Waals surface area contributed by atoms with Crippen LogP contribution in [0.15, 0.2) is 16.6 Å². The second kappa shape index (κ2) is 4.49. The Bertz CT molecular complexity index is 407. The number of rotatable bonds is 3. The Balaban J connectivity index is 3.27. The number of halogens is 3. The lowest BCUT2D eigenvalue weighted by atomic mass is 9.81. The lowest BCUT2D eigenvalue weighted by Crippen LogP contribution is -2.24. The van der Waals surface area contributed by atoms with Gasteiger partial charge in [-0.25, -0.2) is 8.78 Å². The number of hydrogen-bond acceptors (Lipinski definition) is 1. The second-order valence-corrected chi connectivity index (χ2v) is 5.11. The summed E-state index contributed by atoms with van der Waals surface area (Å²) in [7, 11) is 0. The highest BCUT2D eigenvalue weighted by molar-refractivity contribution is 9.10. The van der Waals surface area contributed by atoms with Crippen LogP contribution in [0.5, 0.6) is 0 Å². The first-order chi connectivity index (χ1) is 7.24. The van der Waals surface area contributed by atoms with Crippen molar-refractivity contribution in [3.8, 4) is 0 Å². The molecule has 0 saturated heterocycles. The molecule has 5 heteroatoms. The van der Waals surface area contributed by atoms with Gasteiger partial charge >= 0.3 is 5.97 Å². The number of hydrogen-bond donors (Lipinski definition) is 1. The van der Waals surface area contributed by atoms with Crippen molar-refractivity contribution in [1.82, 2.24) is 0 Å². The highest BCUT2D eigenvalue weighted by atomic mass is 79.9. The first-order valence-electron chi connectivity index (χ1n) is 4.61. The molecule has 0 atom stereocenters. The van der Waals surface area contributed by atoms with E-state index >= 15 is 0 Å². The van der Waals surface area contributed by atoms with Crippen molar-refractivity contribution in [3.63, 3.8) is 0 Å². The molecule has 0 bridgehead atoms. The van der Waals surface area contributed by atoms with Crippen LogP contribution >= 0.6 is 15.9 Å². The smallest absolute Gasteiger partial charge is 0.304 e. The van der Waals surface area contributed by atoms with E-state index < -0.39 is 23.0 Å². The minimum absolute atomic E-state index is 0.196. The summed E-state index contributed by atoms with van der Waals surface area (Å²) in [5.41, 5.74) is -1.28. The lowest BCUT2D eigenvalue weighted by molar-refractivity contribution is -0.138. The van der Waals surface area contributed by atoms with Gasteiger partial charge in [0.1, 0.15) is 11.6 Å². The Morgan fingerprint density at radius 1 is 1.38 bits per heavy atom. The van der Waals surface area contributed by atoms with Crippen molar-refractivity contribution in [2.75, 3.05) is 0 Å². The molecule has 1 N–H and O–H groups in total. The topological polar surface area (TPSA) is 37.3 Å². The maximum absolute atomic E-state index is 13.6. The number of carbonyl (C=O) groups is 1. The van der Waals surface area contributed by atoms with Gasteiger partial charge in [0.05, 0.1) is 6.42 Å². The van der Waals surface area contributed by atoms with E-state index in [9.17, 15) is 13.6 Å². The van der Waals surface area contributed by atoms with Crippen LogP contribution in [0, 0.1) is 11.6 Å². The highest BCUT2D eigenvalue weighted by Crippen LogP contribution is 2.33. The van der Waals surface area contributed by atoms with E-state index in [1.807, 2.05) is 0 Å². The third-order valence-electron chi connectivity index (χ3n) is 2.28. The molecule has 2 nitrogen and oxygen atoms in total. The molecule has 1 aromatic rings. The number of aliphatic carboxylic acids is 1. The summed E-state index contributed by atoms with van der Waals surface area (Å²) in [6.07, 6.45) is -0.331. The molecule has 0 radical (unpaired) electrons.